The summed E-state index contributed by atoms with van der Waals surface area (Å²) in [6.45, 7) is 4.28. The molecule has 1 fully saturated rings. The Morgan fingerprint density at radius 2 is 1.89 bits per heavy atom. The Kier molecular flexibility index (Phi) is 6.77. The average molecular weight is 400 g/mol. The van der Waals surface area contributed by atoms with Crippen molar-refractivity contribution < 1.29 is 22.4 Å². The number of carbonyl (C=O) groups excluding carboxylic acids is 2. The summed E-state index contributed by atoms with van der Waals surface area (Å²) in [7, 11) is -3.83. The molecule has 0 bridgehead atoms. The molecule has 0 saturated carbocycles. The summed E-state index contributed by atoms with van der Waals surface area (Å²) < 4.78 is 39.8. The van der Waals surface area contributed by atoms with E-state index in [9.17, 15) is 22.4 Å². The highest BCUT2D eigenvalue weighted by Crippen LogP contribution is 2.19. The van der Waals surface area contributed by atoms with E-state index < -0.39 is 27.9 Å². The van der Waals surface area contributed by atoms with Gasteiger partial charge in [-0.2, -0.15) is 4.31 Å². The van der Waals surface area contributed by atoms with Crippen LogP contribution >= 0.6 is 0 Å². The van der Waals surface area contributed by atoms with E-state index in [1.54, 1.807) is 0 Å². The molecule has 1 aromatic carbocycles. The van der Waals surface area contributed by atoms with E-state index >= 15 is 0 Å². The van der Waals surface area contributed by atoms with E-state index in [-0.39, 0.29) is 42.9 Å². The van der Waals surface area contributed by atoms with E-state index in [0.29, 0.717) is 6.42 Å². The number of piperazine rings is 1. The van der Waals surface area contributed by atoms with Gasteiger partial charge >= 0.3 is 6.03 Å². The van der Waals surface area contributed by atoms with Gasteiger partial charge in [0.05, 0.1) is 4.90 Å². The highest BCUT2D eigenvalue weighted by Gasteiger charge is 2.34. The van der Waals surface area contributed by atoms with Gasteiger partial charge in [-0.25, -0.2) is 17.6 Å². The summed E-state index contributed by atoms with van der Waals surface area (Å²) in [6, 6.07) is 3.30. The standard InChI is InChI=1S/C17H25FN4O4S/c1-3-12(2)15(20-17(19)24)16(23)21-7-9-22(10-8-21)27(25,26)14-6-4-5-13(18)11-14/h4-6,11-12,15H,3,7-10H2,1-2H3,(H3,19,20,24). The molecular weight excluding hydrogens is 375 g/mol. The largest absolute Gasteiger partial charge is 0.352 e. The fourth-order valence-electron chi connectivity index (χ4n) is 2.96. The number of hydrogen-bond donors (Lipinski definition) is 2. The Morgan fingerprint density at radius 3 is 2.41 bits per heavy atom. The van der Waals surface area contributed by atoms with Crippen molar-refractivity contribution in [2.24, 2.45) is 11.7 Å². The first-order valence-corrected chi connectivity index (χ1v) is 10.2. The van der Waals surface area contributed by atoms with Crippen LogP contribution in [-0.2, 0) is 14.8 Å². The molecule has 27 heavy (non-hydrogen) atoms. The van der Waals surface area contributed by atoms with Crippen molar-refractivity contribution >= 4 is 22.0 Å². The lowest BCUT2D eigenvalue weighted by atomic mass is 9.97. The fraction of sp³-hybridized carbons (Fsp3) is 0.529. The zero-order chi connectivity index (χ0) is 20.2. The van der Waals surface area contributed by atoms with Gasteiger partial charge < -0.3 is 16.0 Å². The van der Waals surface area contributed by atoms with Gasteiger partial charge in [-0.1, -0.05) is 26.3 Å². The van der Waals surface area contributed by atoms with Crippen molar-refractivity contribution in [1.82, 2.24) is 14.5 Å². The molecule has 1 aromatic rings. The quantitative estimate of drug-likeness (QED) is 0.733. The third kappa shape index (κ3) is 4.95. The number of primary amides is 1. The molecule has 0 spiro atoms. The lowest BCUT2D eigenvalue weighted by Gasteiger charge is -2.36. The molecule has 2 unspecified atom stereocenters. The van der Waals surface area contributed by atoms with E-state index in [4.69, 9.17) is 5.73 Å². The van der Waals surface area contributed by atoms with Crippen molar-refractivity contribution in [1.29, 1.82) is 0 Å². The second-order valence-electron chi connectivity index (χ2n) is 6.56. The number of nitrogens with zero attached hydrogens (tertiary/aromatic N) is 2. The molecule has 3 amide bonds. The maximum absolute atomic E-state index is 13.4. The first kappa shape index (κ1) is 21.1. The maximum atomic E-state index is 13.4. The summed E-state index contributed by atoms with van der Waals surface area (Å²) in [4.78, 5) is 25.4. The van der Waals surface area contributed by atoms with Crippen LogP contribution in [0.1, 0.15) is 20.3 Å². The van der Waals surface area contributed by atoms with Crippen molar-refractivity contribution in [3.05, 3.63) is 30.1 Å². The topological polar surface area (TPSA) is 113 Å². The lowest BCUT2D eigenvalue weighted by molar-refractivity contribution is -0.135. The van der Waals surface area contributed by atoms with Crippen LogP contribution in [0.5, 0.6) is 0 Å². The van der Waals surface area contributed by atoms with E-state index in [2.05, 4.69) is 5.32 Å². The smallest absolute Gasteiger partial charge is 0.312 e. The molecule has 150 valence electrons. The molecule has 0 aromatic heterocycles. The Hall–Kier alpha value is -2.20. The number of rotatable bonds is 6. The van der Waals surface area contributed by atoms with Crippen molar-refractivity contribution in [2.45, 2.75) is 31.2 Å². The van der Waals surface area contributed by atoms with Gasteiger partial charge in [0.1, 0.15) is 11.9 Å². The van der Waals surface area contributed by atoms with Gasteiger partial charge in [0.2, 0.25) is 15.9 Å². The molecule has 1 aliphatic rings. The summed E-state index contributed by atoms with van der Waals surface area (Å²) in [5, 5.41) is 2.48. The molecule has 10 heteroatoms. The Morgan fingerprint density at radius 1 is 1.26 bits per heavy atom. The highest BCUT2D eigenvalue weighted by atomic mass is 32.2. The van der Waals surface area contributed by atoms with Gasteiger partial charge in [-0.3, -0.25) is 4.79 Å². The van der Waals surface area contributed by atoms with Crippen LogP contribution in [0.15, 0.2) is 29.2 Å². The summed E-state index contributed by atoms with van der Waals surface area (Å²) in [5.74, 6) is -1.02. The molecule has 8 nitrogen and oxygen atoms in total. The van der Waals surface area contributed by atoms with Gasteiger partial charge in [-0.05, 0) is 24.1 Å². The van der Waals surface area contributed by atoms with Crippen molar-refractivity contribution in [2.75, 3.05) is 26.2 Å². The summed E-state index contributed by atoms with van der Waals surface area (Å²) >= 11 is 0. The number of nitrogens with two attached hydrogens (primary N) is 1. The Bertz CT molecular complexity index is 794. The predicted octanol–water partition coefficient (Wildman–Crippen LogP) is 0.742. The normalized spacial score (nSPS) is 18.0. The molecule has 0 radical (unpaired) electrons. The van der Waals surface area contributed by atoms with Crippen LogP contribution in [-0.4, -0.2) is 61.8 Å². The SMILES string of the molecule is CCC(C)C(NC(N)=O)C(=O)N1CCN(S(=O)(=O)c2cccc(F)c2)CC1. The minimum atomic E-state index is -3.83. The number of amides is 3. The van der Waals surface area contributed by atoms with Crippen LogP contribution in [0.3, 0.4) is 0 Å². The molecule has 3 N–H and O–H groups in total. The number of urea groups is 1. The second kappa shape index (κ2) is 8.66. The first-order valence-electron chi connectivity index (χ1n) is 8.77. The molecule has 1 saturated heterocycles. The molecule has 0 aliphatic carbocycles. The minimum Gasteiger partial charge on any atom is -0.352 e. The number of sulfonamides is 1. The number of hydrogen-bond acceptors (Lipinski definition) is 4. The molecule has 1 aliphatic heterocycles. The summed E-state index contributed by atoms with van der Waals surface area (Å²) in [6.07, 6.45) is 0.671. The van der Waals surface area contributed by atoms with Crippen molar-refractivity contribution in [3.8, 4) is 0 Å². The second-order valence-corrected chi connectivity index (χ2v) is 8.50. The lowest BCUT2D eigenvalue weighted by Crippen LogP contribution is -2.57. The van der Waals surface area contributed by atoms with Gasteiger partial charge in [0.25, 0.3) is 0 Å². The minimum absolute atomic E-state index is 0.0917. The van der Waals surface area contributed by atoms with Gasteiger partial charge in [0, 0.05) is 26.2 Å². The highest BCUT2D eigenvalue weighted by molar-refractivity contribution is 7.89. The van der Waals surface area contributed by atoms with Crippen LogP contribution in [0.4, 0.5) is 9.18 Å². The number of halogens is 1. The third-order valence-corrected chi connectivity index (χ3v) is 6.66. The number of carbonyl (C=O) groups is 2. The van der Waals surface area contributed by atoms with E-state index in [1.807, 2.05) is 13.8 Å². The number of benzene rings is 1. The third-order valence-electron chi connectivity index (χ3n) is 4.76. The first-order chi connectivity index (χ1) is 12.7. The van der Waals surface area contributed by atoms with Crippen LogP contribution in [0.2, 0.25) is 0 Å². The summed E-state index contributed by atoms with van der Waals surface area (Å²) in [5.41, 5.74) is 5.17. The Labute approximate surface area is 158 Å². The van der Waals surface area contributed by atoms with E-state index in [1.165, 1.54) is 27.4 Å². The monoisotopic (exact) mass is 400 g/mol. The van der Waals surface area contributed by atoms with Crippen LogP contribution in [0.25, 0.3) is 0 Å². The maximum Gasteiger partial charge on any atom is 0.312 e. The van der Waals surface area contributed by atoms with Crippen molar-refractivity contribution in [3.63, 3.8) is 0 Å². The average Bonchev–Trinajstić information content (AvgIpc) is 2.65. The molecule has 2 rings (SSSR count). The van der Waals surface area contributed by atoms with E-state index in [0.717, 1.165) is 6.07 Å². The number of nitrogens with one attached hydrogen (secondary N) is 1. The van der Waals surface area contributed by atoms with Gasteiger partial charge in [-0.15, -0.1) is 0 Å². The Balaban J connectivity index is 2.07. The predicted molar refractivity (Wildman–Crippen MR) is 97.7 cm³/mol. The zero-order valence-corrected chi connectivity index (χ0v) is 16.2. The molecular formula is C17H25FN4O4S. The van der Waals surface area contributed by atoms with Gasteiger partial charge in [0.15, 0.2) is 0 Å². The van der Waals surface area contributed by atoms with Crippen LogP contribution < -0.4 is 11.1 Å². The zero-order valence-electron chi connectivity index (χ0n) is 15.4. The molecule has 2 atom stereocenters. The van der Waals surface area contributed by atoms with Crippen LogP contribution in [0, 0.1) is 11.7 Å². The molecule has 1 heterocycles. The fourth-order valence-corrected chi connectivity index (χ4v) is 4.41.